The van der Waals surface area contributed by atoms with Crippen LogP contribution in [0.25, 0.3) is 0 Å². The lowest BCUT2D eigenvalue weighted by atomic mass is 10.1. The molecule has 0 aliphatic rings. The Hall–Kier alpha value is -2.57. The van der Waals surface area contributed by atoms with Crippen molar-refractivity contribution in [1.29, 1.82) is 0 Å². The minimum absolute atomic E-state index is 0.361. The first-order valence-corrected chi connectivity index (χ1v) is 8.73. The first-order valence-electron chi connectivity index (χ1n) is 8.35. The molecule has 0 aliphatic heterocycles. The van der Waals surface area contributed by atoms with Gasteiger partial charge in [0.05, 0.1) is 0 Å². The zero-order chi connectivity index (χ0) is 18.8. The average molecular weight is 376 g/mol. The van der Waals surface area contributed by atoms with Gasteiger partial charge >= 0.3 is 6.03 Å². The number of imide groups is 1. The Bertz CT molecular complexity index is 708. The summed E-state index contributed by atoms with van der Waals surface area (Å²) in [4.78, 5) is 24.1. The molecular weight excluding hydrogens is 354 g/mol. The molecule has 0 aromatic heterocycles. The molecule has 0 bridgehead atoms. The Morgan fingerprint density at radius 1 is 1.08 bits per heavy atom. The van der Waals surface area contributed by atoms with Gasteiger partial charge in [-0.2, -0.15) is 0 Å². The molecule has 26 heavy (non-hydrogen) atoms. The highest BCUT2D eigenvalue weighted by Crippen LogP contribution is 2.16. The molecule has 0 heterocycles. The molecule has 0 saturated heterocycles. The Balaban J connectivity index is 1.92. The average Bonchev–Trinajstić information content (AvgIpc) is 2.64. The number of amides is 3. The molecule has 0 saturated carbocycles. The number of halogens is 1. The zero-order valence-electron chi connectivity index (χ0n) is 14.5. The lowest BCUT2D eigenvalue weighted by Gasteiger charge is -2.18. The van der Waals surface area contributed by atoms with Crippen LogP contribution in [0.3, 0.4) is 0 Å². The quantitative estimate of drug-likeness (QED) is 0.620. The molecule has 7 heteroatoms. The van der Waals surface area contributed by atoms with Crippen LogP contribution in [0.2, 0.25) is 5.02 Å². The zero-order valence-corrected chi connectivity index (χ0v) is 15.3. The second-order valence-corrected chi connectivity index (χ2v) is 5.89. The van der Waals surface area contributed by atoms with Crippen molar-refractivity contribution in [1.82, 2.24) is 16.0 Å². The summed E-state index contributed by atoms with van der Waals surface area (Å²) >= 11 is 5.84. The molecule has 0 radical (unpaired) electrons. The summed E-state index contributed by atoms with van der Waals surface area (Å²) < 4.78 is 5.61. The highest BCUT2D eigenvalue weighted by molar-refractivity contribution is 6.30. The van der Waals surface area contributed by atoms with Gasteiger partial charge < -0.3 is 10.1 Å². The van der Waals surface area contributed by atoms with Crippen LogP contribution < -0.4 is 20.7 Å². The summed E-state index contributed by atoms with van der Waals surface area (Å²) in [6.07, 6.45) is 0. The van der Waals surface area contributed by atoms with Crippen molar-refractivity contribution in [3.05, 3.63) is 65.2 Å². The van der Waals surface area contributed by atoms with Crippen LogP contribution in [-0.4, -0.2) is 31.6 Å². The molecule has 3 amide bonds. The Morgan fingerprint density at radius 2 is 1.77 bits per heavy atom. The topological polar surface area (TPSA) is 79.5 Å². The van der Waals surface area contributed by atoms with Crippen LogP contribution in [0.4, 0.5) is 4.79 Å². The summed E-state index contributed by atoms with van der Waals surface area (Å²) in [7, 11) is 0. The smallest absolute Gasteiger partial charge is 0.321 e. The number of rotatable bonds is 8. The minimum atomic E-state index is -0.660. The van der Waals surface area contributed by atoms with Gasteiger partial charge in [-0.3, -0.25) is 15.4 Å². The van der Waals surface area contributed by atoms with Crippen molar-refractivity contribution in [2.24, 2.45) is 0 Å². The maximum atomic E-state index is 12.4. The van der Waals surface area contributed by atoms with Crippen LogP contribution in [-0.2, 0) is 4.79 Å². The first kappa shape index (κ1) is 19.8. The monoisotopic (exact) mass is 375 g/mol. The second-order valence-electron chi connectivity index (χ2n) is 5.45. The van der Waals surface area contributed by atoms with Crippen molar-refractivity contribution in [2.45, 2.75) is 13.0 Å². The van der Waals surface area contributed by atoms with Gasteiger partial charge in [-0.25, -0.2) is 4.79 Å². The van der Waals surface area contributed by atoms with Crippen LogP contribution in [0.1, 0.15) is 18.5 Å². The van der Waals surface area contributed by atoms with Gasteiger partial charge in [-0.15, -0.1) is 0 Å². The van der Waals surface area contributed by atoms with Gasteiger partial charge in [0.1, 0.15) is 18.4 Å². The fourth-order valence-corrected chi connectivity index (χ4v) is 2.43. The summed E-state index contributed by atoms with van der Waals surface area (Å²) in [5, 5.41) is 8.64. The molecule has 0 unspecified atom stereocenters. The van der Waals surface area contributed by atoms with Gasteiger partial charge in [-0.05, 0) is 36.8 Å². The third-order valence-corrected chi connectivity index (χ3v) is 3.75. The largest absolute Gasteiger partial charge is 0.492 e. The fourth-order valence-electron chi connectivity index (χ4n) is 2.30. The van der Waals surface area contributed by atoms with Crippen molar-refractivity contribution in [3.8, 4) is 5.75 Å². The van der Waals surface area contributed by atoms with Crippen LogP contribution in [0.5, 0.6) is 5.75 Å². The van der Waals surface area contributed by atoms with E-state index in [4.69, 9.17) is 16.3 Å². The lowest BCUT2D eigenvalue weighted by molar-refractivity contribution is -0.122. The van der Waals surface area contributed by atoms with E-state index in [-0.39, 0.29) is 0 Å². The highest BCUT2D eigenvalue weighted by Gasteiger charge is 2.21. The van der Waals surface area contributed by atoms with E-state index in [9.17, 15) is 9.59 Å². The maximum absolute atomic E-state index is 12.4. The Labute approximate surface area is 157 Å². The summed E-state index contributed by atoms with van der Waals surface area (Å²) in [6, 6.07) is 15.1. The molecule has 2 aromatic rings. The molecule has 1 atom stereocenters. The fraction of sp³-hybridized carbons (Fsp3) is 0.263. The van der Waals surface area contributed by atoms with Crippen molar-refractivity contribution in [2.75, 3.05) is 19.7 Å². The van der Waals surface area contributed by atoms with E-state index in [0.717, 1.165) is 5.56 Å². The number of hydrogen-bond donors (Lipinski definition) is 3. The van der Waals surface area contributed by atoms with Gasteiger partial charge in [0.15, 0.2) is 0 Å². The third kappa shape index (κ3) is 6.38. The van der Waals surface area contributed by atoms with Crippen molar-refractivity contribution >= 4 is 23.5 Å². The van der Waals surface area contributed by atoms with Gasteiger partial charge in [0.25, 0.3) is 0 Å². The van der Waals surface area contributed by atoms with Crippen LogP contribution >= 0.6 is 11.6 Å². The van der Waals surface area contributed by atoms with E-state index in [1.165, 1.54) is 0 Å². The highest BCUT2D eigenvalue weighted by atomic mass is 35.5. The molecule has 0 spiro atoms. The number of nitrogens with one attached hydrogen (secondary N) is 3. The molecule has 0 aliphatic carbocycles. The summed E-state index contributed by atoms with van der Waals surface area (Å²) in [5.41, 5.74) is 0.765. The van der Waals surface area contributed by atoms with Crippen molar-refractivity contribution in [3.63, 3.8) is 0 Å². The molecule has 2 rings (SSSR count). The normalized spacial score (nSPS) is 11.5. The molecular formula is C19H22ClN3O3. The van der Waals surface area contributed by atoms with Gasteiger partial charge in [-0.1, -0.05) is 41.9 Å². The summed E-state index contributed by atoms with van der Waals surface area (Å²) in [6.45, 7) is 3.01. The number of hydrogen-bond acceptors (Lipinski definition) is 4. The number of carbonyl (C=O) groups excluding carboxylic acids is 2. The lowest BCUT2D eigenvalue weighted by Crippen LogP contribution is -2.45. The number of ether oxygens (including phenoxy) is 1. The van der Waals surface area contributed by atoms with Gasteiger partial charge in [0, 0.05) is 18.1 Å². The predicted molar refractivity (Wildman–Crippen MR) is 101 cm³/mol. The standard InChI is InChI=1S/C19H22ClN3O3/c1-2-21-19(25)23-18(24)17(14-6-4-3-5-7-14)22-12-13-26-16-10-8-15(20)9-11-16/h3-11,17,22H,2,12-13H2,1H3,(H2,21,23,24,25)/t17-/m1/s1. The number of benzene rings is 2. The van der Waals surface area contributed by atoms with Crippen LogP contribution in [0, 0.1) is 0 Å². The second kappa shape index (κ2) is 10.4. The molecule has 2 aromatic carbocycles. The number of carbonyl (C=O) groups is 2. The summed E-state index contributed by atoms with van der Waals surface area (Å²) in [5.74, 6) is 0.271. The first-order chi connectivity index (χ1) is 12.6. The predicted octanol–water partition coefficient (Wildman–Crippen LogP) is 2.90. The van der Waals surface area contributed by atoms with E-state index < -0.39 is 18.0 Å². The van der Waals surface area contributed by atoms with E-state index in [0.29, 0.717) is 30.5 Å². The minimum Gasteiger partial charge on any atom is -0.492 e. The Morgan fingerprint density at radius 3 is 2.42 bits per heavy atom. The van der Waals surface area contributed by atoms with E-state index in [1.54, 1.807) is 31.2 Å². The molecule has 0 fully saturated rings. The molecule has 6 nitrogen and oxygen atoms in total. The van der Waals surface area contributed by atoms with E-state index in [2.05, 4.69) is 16.0 Å². The van der Waals surface area contributed by atoms with Crippen molar-refractivity contribution < 1.29 is 14.3 Å². The number of urea groups is 1. The van der Waals surface area contributed by atoms with E-state index >= 15 is 0 Å². The maximum Gasteiger partial charge on any atom is 0.321 e. The molecule has 3 N–H and O–H groups in total. The molecule has 138 valence electrons. The van der Waals surface area contributed by atoms with Gasteiger partial charge in [0.2, 0.25) is 5.91 Å². The third-order valence-electron chi connectivity index (χ3n) is 3.50. The Kier molecular flexibility index (Phi) is 7.92. The SMILES string of the molecule is CCNC(=O)NC(=O)[C@H](NCCOc1ccc(Cl)cc1)c1ccccc1. The van der Waals surface area contributed by atoms with Crippen LogP contribution in [0.15, 0.2) is 54.6 Å². The van der Waals surface area contributed by atoms with E-state index in [1.807, 2.05) is 30.3 Å².